The third kappa shape index (κ3) is 6.86. The first kappa shape index (κ1) is 26.2. The Kier molecular flexibility index (Phi) is 8.87. The number of carbonyl (C=O) groups is 2. The van der Waals surface area contributed by atoms with E-state index in [1.807, 2.05) is 48.5 Å². The molecule has 0 fully saturated rings. The van der Waals surface area contributed by atoms with E-state index in [9.17, 15) is 9.59 Å². The van der Waals surface area contributed by atoms with Crippen LogP contribution >= 0.6 is 0 Å². The van der Waals surface area contributed by atoms with Gasteiger partial charge in [0.1, 0.15) is 28.8 Å². The van der Waals surface area contributed by atoms with Gasteiger partial charge in [0.2, 0.25) is 5.69 Å². The molecule has 38 heavy (non-hydrogen) atoms. The molecule has 1 heterocycles. The zero-order chi connectivity index (χ0) is 26.7. The smallest absolute Gasteiger partial charge is 0.293 e. The van der Waals surface area contributed by atoms with Crippen molar-refractivity contribution in [1.82, 2.24) is 4.98 Å². The SMILES string of the molecule is [C-]#[N+]c1cc2c(Oc3ccc(CC(=O)Cc4ccc(OC)cc4)cc3)ccnc2cc1OCCCOC=O. The second-order valence-electron chi connectivity index (χ2n) is 8.41. The van der Waals surface area contributed by atoms with Crippen molar-refractivity contribution in [2.75, 3.05) is 20.3 Å². The Bertz CT molecular complexity index is 1440. The molecule has 0 aliphatic heterocycles. The van der Waals surface area contributed by atoms with Crippen molar-refractivity contribution >= 4 is 28.8 Å². The summed E-state index contributed by atoms with van der Waals surface area (Å²) < 4.78 is 21.6. The van der Waals surface area contributed by atoms with E-state index < -0.39 is 0 Å². The van der Waals surface area contributed by atoms with Gasteiger partial charge in [0.05, 0.1) is 32.4 Å². The second kappa shape index (κ2) is 12.9. The number of Topliss-reactive ketones (excluding diaryl/α,β-unsaturated/α-hetero) is 1. The largest absolute Gasteiger partial charge is 0.504 e. The highest BCUT2D eigenvalue weighted by molar-refractivity contribution is 5.91. The molecule has 3 aromatic carbocycles. The molecule has 8 heteroatoms. The van der Waals surface area contributed by atoms with Gasteiger partial charge in [0.25, 0.3) is 6.47 Å². The molecule has 0 aliphatic carbocycles. The van der Waals surface area contributed by atoms with E-state index in [0.29, 0.717) is 66.2 Å². The molecular weight excluding hydrogens is 484 g/mol. The molecule has 0 bridgehead atoms. The van der Waals surface area contributed by atoms with Crippen molar-refractivity contribution in [3.8, 4) is 23.0 Å². The van der Waals surface area contributed by atoms with Gasteiger partial charge in [-0.15, -0.1) is 0 Å². The van der Waals surface area contributed by atoms with Gasteiger partial charge in [-0.25, -0.2) is 4.85 Å². The minimum Gasteiger partial charge on any atom is -0.504 e. The third-order valence-corrected chi connectivity index (χ3v) is 5.75. The van der Waals surface area contributed by atoms with Crippen molar-refractivity contribution < 1.29 is 28.5 Å². The van der Waals surface area contributed by atoms with Crippen LogP contribution in [0.1, 0.15) is 17.5 Å². The molecule has 0 radical (unpaired) electrons. The topological polar surface area (TPSA) is 88.3 Å². The summed E-state index contributed by atoms with van der Waals surface area (Å²) in [5, 5.41) is 0.675. The van der Waals surface area contributed by atoms with Gasteiger partial charge in [0, 0.05) is 30.8 Å². The van der Waals surface area contributed by atoms with Gasteiger partial charge >= 0.3 is 0 Å². The van der Waals surface area contributed by atoms with E-state index in [2.05, 4.69) is 14.6 Å². The van der Waals surface area contributed by atoms with Gasteiger partial charge in [-0.05, 0) is 53.6 Å². The Morgan fingerprint density at radius 3 is 2.24 bits per heavy atom. The molecule has 0 aliphatic rings. The summed E-state index contributed by atoms with van der Waals surface area (Å²) in [6, 6.07) is 20.0. The molecular formula is C30H26N2O6. The maximum atomic E-state index is 12.5. The summed E-state index contributed by atoms with van der Waals surface area (Å²) in [6.45, 7) is 8.48. The maximum Gasteiger partial charge on any atom is 0.293 e. The minimum absolute atomic E-state index is 0.116. The van der Waals surface area contributed by atoms with Gasteiger partial charge in [-0.2, -0.15) is 0 Å². The average Bonchev–Trinajstić information content (AvgIpc) is 2.94. The number of hydrogen-bond donors (Lipinski definition) is 0. The molecule has 0 unspecified atom stereocenters. The fraction of sp³-hybridized carbons (Fsp3) is 0.200. The number of hydrogen-bond acceptors (Lipinski definition) is 7. The van der Waals surface area contributed by atoms with Crippen LogP contribution in [-0.4, -0.2) is 37.6 Å². The van der Waals surface area contributed by atoms with Crippen molar-refractivity contribution in [1.29, 1.82) is 0 Å². The van der Waals surface area contributed by atoms with E-state index in [0.717, 1.165) is 16.9 Å². The van der Waals surface area contributed by atoms with E-state index in [4.69, 9.17) is 20.8 Å². The fourth-order valence-electron chi connectivity index (χ4n) is 3.86. The normalized spacial score (nSPS) is 10.4. The van der Waals surface area contributed by atoms with Gasteiger partial charge in [0.15, 0.2) is 0 Å². The van der Waals surface area contributed by atoms with E-state index in [1.54, 1.807) is 31.5 Å². The van der Waals surface area contributed by atoms with Crippen molar-refractivity contribution in [3.63, 3.8) is 0 Å². The Labute approximate surface area is 220 Å². The summed E-state index contributed by atoms with van der Waals surface area (Å²) >= 11 is 0. The van der Waals surface area contributed by atoms with Crippen LogP contribution in [0, 0.1) is 6.57 Å². The van der Waals surface area contributed by atoms with Crippen molar-refractivity contribution in [2.45, 2.75) is 19.3 Å². The lowest BCUT2D eigenvalue weighted by Gasteiger charge is -2.12. The zero-order valence-corrected chi connectivity index (χ0v) is 20.9. The molecule has 0 amide bonds. The number of pyridine rings is 1. The monoisotopic (exact) mass is 510 g/mol. The number of carbonyl (C=O) groups excluding carboxylic acids is 2. The lowest BCUT2D eigenvalue weighted by molar-refractivity contribution is -0.128. The number of nitrogens with zero attached hydrogens (tertiary/aromatic N) is 2. The first-order valence-electron chi connectivity index (χ1n) is 12.0. The van der Waals surface area contributed by atoms with Crippen LogP contribution < -0.4 is 14.2 Å². The van der Waals surface area contributed by atoms with Crippen LogP contribution in [0.4, 0.5) is 5.69 Å². The average molecular weight is 511 g/mol. The van der Waals surface area contributed by atoms with Crippen LogP contribution in [-0.2, 0) is 27.2 Å². The molecule has 8 nitrogen and oxygen atoms in total. The summed E-state index contributed by atoms with van der Waals surface area (Å²) in [4.78, 5) is 30.7. The van der Waals surface area contributed by atoms with Crippen molar-refractivity contribution in [2.24, 2.45) is 0 Å². The Morgan fingerprint density at radius 2 is 1.61 bits per heavy atom. The van der Waals surface area contributed by atoms with Crippen LogP contribution in [0.15, 0.2) is 72.9 Å². The maximum absolute atomic E-state index is 12.5. The summed E-state index contributed by atoms with van der Waals surface area (Å²) in [5.41, 5.74) is 2.79. The molecule has 4 aromatic rings. The lowest BCUT2D eigenvalue weighted by atomic mass is 10.0. The van der Waals surface area contributed by atoms with E-state index in [1.165, 1.54) is 0 Å². The number of aromatic nitrogens is 1. The molecule has 0 N–H and O–H groups in total. The van der Waals surface area contributed by atoms with E-state index in [-0.39, 0.29) is 12.4 Å². The van der Waals surface area contributed by atoms with Gasteiger partial charge in [-0.3, -0.25) is 14.6 Å². The first-order chi connectivity index (χ1) is 18.6. The number of methoxy groups -OCH3 is 1. The third-order valence-electron chi connectivity index (χ3n) is 5.75. The Hall–Kier alpha value is -4.90. The molecule has 0 saturated carbocycles. The molecule has 0 spiro atoms. The van der Waals surface area contributed by atoms with Crippen LogP contribution in [0.5, 0.6) is 23.0 Å². The standard InChI is InChI=1S/C30H26N2O6/c1-31-28-18-26-27(19-30(28)37-15-3-14-36-20-33)32-13-12-29(26)38-25-10-6-22(7-11-25)17-23(34)16-21-4-8-24(35-2)9-5-21/h4-13,18-20H,3,14-17H2,2H3. The second-order valence-corrected chi connectivity index (χ2v) is 8.41. The summed E-state index contributed by atoms with van der Waals surface area (Å²) in [6.07, 6.45) is 2.81. The Balaban J connectivity index is 1.42. The summed E-state index contributed by atoms with van der Waals surface area (Å²) in [5.74, 6) is 2.44. The van der Waals surface area contributed by atoms with Crippen molar-refractivity contribution in [3.05, 3.63) is 95.5 Å². The molecule has 0 saturated heterocycles. The molecule has 0 atom stereocenters. The first-order valence-corrected chi connectivity index (χ1v) is 12.0. The fourth-order valence-corrected chi connectivity index (χ4v) is 3.86. The zero-order valence-electron chi connectivity index (χ0n) is 20.9. The predicted octanol–water partition coefficient (Wildman–Crippen LogP) is 5.88. The number of rotatable bonds is 13. The number of benzene rings is 3. The van der Waals surface area contributed by atoms with Crippen LogP contribution in [0.2, 0.25) is 0 Å². The van der Waals surface area contributed by atoms with Gasteiger partial charge in [-0.1, -0.05) is 24.3 Å². The molecule has 1 aromatic heterocycles. The molecule has 192 valence electrons. The minimum atomic E-state index is 0.116. The predicted molar refractivity (Wildman–Crippen MR) is 142 cm³/mol. The lowest BCUT2D eigenvalue weighted by Crippen LogP contribution is -2.06. The quantitative estimate of drug-likeness (QED) is 0.126. The highest BCUT2D eigenvalue weighted by Gasteiger charge is 2.12. The van der Waals surface area contributed by atoms with Crippen LogP contribution in [0.3, 0.4) is 0 Å². The van der Waals surface area contributed by atoms with E-state index >= 15 is 0 Å². The molecule has 4 rings (SSSR count). The number of ether oxygens (including phenoxy) is 4. The highest BCUT2D eigenvalue weighted by atomic mass is 16.5. The van der Waals surface area contributed by atoms with Gasteiger partial charge < -0.3 is 18.9 Å². The van der Waals surface area contributed by atoms with Crippen LogP contribution in [0.25, 0.3) is 15.7 Å². The number of ketones is 1. The number of fused-ring (bicyclic) bond motifs is 1. The summed E-state index contributed by atoms with van der Waals surface area (Å²) in [7, 11) is 1.61. The highest BCUT2D eigenvalue weighted by Crippen LogP contribution is 2.37. The Morgan fingerprint density at radius 1 is 0.921 bits per heavy atom.